The van der Waals surface area contributed by atoms with E-state index in [2.05, 4.69) is 0 Å². The van der Waals surface area contributed by atoms with Crippen molar-refractivity contribution in [2.24, 2.45) is 0 Å². The molecule has 1 aromatic carbocycles. The maximum Gasteiger partial charge on any atom is 0.351 e. The molecule has 1 aromatic heterocycles. The molecule has 5 heteroatoms. The van der Waals surface area contributed by atoms with Crippen LogP contribution in [0.15, 0.2) is 27.4 Å². The molecule has 0 aliphatic carbocycles. The Bertz CT molecular complexity index is 697. The van der Waals surface area contributed by atoms with E-state index in [1.165, 1.54) is 0 Å². The van der Waals surface area contributed by atoms with E-state index in [0.29, 0.717) is 22.3 Å². The van der Waals surface area contributed by atoms with Crippen molar-refractivity contribution in [2.75, 3.05) is 0 Å². The maximum atomic E-state index is 11.6. The van der Waals surface area contributed by atoms with Gasteiger partial charge in [0.1, 0.15) is 16.9 Å². The van der Waals surface area contributed by atoms with Crippen molar-refractivity contribution in [3.05, 3.63) is 39.7 Å². The Morgan fingerprint density at radius 3 is 2.63 bits per heavy atom. The van der Waals surface area contributed by atoms with E-state index in [1.54, 1.807) is 25.1 Å². The molecular formula is C14H14O5. The van der Waals surface area contributed by atoms with Crippen molar-refractivity contribution in [3.8, 4) is 5.75 Å². The number of hydrogen-bond donors (Lipinski definition) is 1. The summed E-state index contributed by atoms with van der Waals surface area (Å²) in [5, 5.41) is 9.59. The van der Waals surface area contributed by atoms with Crippen LogP contribution < -0.4 is 10.4 Å². The third-order valence-electron chi connectivity index (χ3n) is 2.72. The van der Waals surface area contributed by atoms with Gasteiger partial charge in [-0.3, -0.25) is 0 Å². The first-order chi connectivity index (χ1) is 8.90. The van der Waals surface area contributed by atoms with Crippen molar-refractivity contribution >= 4 is 16.9 Å². The average molecular weight is 262 g/mol. The molecule has 0 aliphatic rings. The molecule has 1 heterocycles. The Hall–Kier alpha value is -2.30. The largest absolute Gasteiger partial charge is 0.491 e. The van der Waals surface area contributed by atoms with Gasteiger partial charge in [-0.05, 0) is 38.5 Å². The van der Waals surface area contributed by atoms with E-state index >= 15 is 0 Å². The molecule has 2 aromatic rings. The molecule has 0 unspecified atom stereocenters. The molecule has 100 valence electrons. The second-order valence-electron chi connectivity index (χ2n) is 4.52. The van der Waals surface area contributed by atoms with Crippen molar-refractivity contribution in [3.63, 3.8) is 0 Å². The lowest BCUT2D eigenvalue weighted by Gasteiger charge is -2.10. The number of hydrogen-bond acceptors (Lipinski definition) is 4. The molecule has 2 rings (SSSR count). The summed E-state index contributed by atoms with van der Waals surface area (Å²) in [5.74, 6) is -0.705. The second kappa shape index (κ2) is 4.76. The van der Waals surface area contributed by atoms with Crippen molar-refractivity contribution in [2.45, 2.75) is 26.9 Å². The van der Waals surface area contributed by atoms with Crippen LogP contribution in [0.1, 0.15) is 29.8 Å². The number of carboxylic acid groups (broad SMARTS) is 1. The van der Waals surface area contributed by atoms with E-state index in [1.807, 2.05) is 13.8 Å². The number of fused-ring (bicyclic) bond motifs is 1. The summed E-state index contributed by atoms with van der Waals surface area (Å²) in [5.41, 5.74) is -0.454. The molecule has 0 radical (unpaired) electrons. The molecule has 0 saturated carbocycles. The lowest BCUT2D eigenvalue weighted by molar-refractivity contribution is 0.0691. The van der Waals surface area contributed by atoms with Gasteiger partial charge in [-0.15, -0.1) is 0 Å². The molecule has 5 nitrogen and oxygen atoms in total. The molecule has 0 aliphatic heterocycles. The number of carbonyl (C=O) groups is 1. The number of rotatable bonds is 3. The van der Waals surface area contributed by atoms with Gasteiger partial charge in [0.2, 0.25) is 0 Å². The zero-order chi connectivity index (χ0) is 14.2. The summed E-state index contributed by atoms with van der Waals surface area (Å²) in [6, 6.07) is 5.01. The van der Waals surface area contributed by atoms with Crippen LogP contribution in [0.2, 0.25) is 0 Å². The summed E-state index contributed by atoms with van der Waals surface area (Å²) in [4.78, 5) is 22.7. The standard InChI is InChI=1S/C14H14O5/c1-7(2)18-9-4-5-10-8(3)12(13(15)16)14(17)19-11(10)6-9/h4-7H,1-3H3,(H,15,16). The van der Waals surface area contributed by atoms with Crippen molar-refractivity contribution < 1.29 is 19.1 Å². The van der Waals surface area contributed by atoms with E-state index < -0.39 is 11.6 Å². The van der Waals surface area contributed by atoms with Gasteiger partial charge < -0.3 is 14.3 Å². The number of aryl methyl sites for hydroxylation is 1. The maximum absolute atomic E-state index is 11.6. The van der Waals surface area contributed by atoms with Crippen molar-refractivity contribution in [1.82, 2.24) is 0 Å². The zero-order valence-electron chi connectivity index (χ0n) is 10.9. The van der Waals surface area contributed by atoms with E-state index in [9.17, 15) is 9.59 Å². The minimum atomic E-state index is -1.28. The number of benzene rings is 1. The summed E-state index contributed by atoms with van der Waals surface area (Å²) in [7, 11) is 0. The fourth-order valence-electron chi connectivity index (χ4n) is 1.93. The normalized spacial score (nSPS) is 10.9. The van der Waals surface area contributed by atoms with E-state index in [0.717, 1.165) is 0 Å². The monoisotopic (exact) mass is 262 g/mol. The van der Waals surface area contributed by atoms with Gasteiger partial charge in [-0.25, -0.2) is 9.59 Å². The Morgan fingerprint density at radius 1 is 1.37 bits per heavy atom. The molecule has 0 saturated heterocycles. The minimum absolute atomic E-state index is 0.00330. The summed E-state index contributed by atoms with van der Waals surface area (Å²) in [6.45, 7) is 5.37. The Morgan fingerprint density at radius 2 is 2.05 bits per heavy atom. The summed E-state index contributed by atoms with van der Waals surface area (Å²) >= 11 is 0. The van der Waals surface area contributed by atoms with E-state index in [4.69, 9.17) is 14.3 Å². The smallest absolute Gasteiger partial charge is 0.351 e. The van der Waals surface area contributed by atoms with Gasteiger partial charge in [-0.1, -0.05) is 0 Å². The van der Waals surface area contributed by atoms with Crippen LogP contribution in [0.5, 0.6) is 5.75 Å². The summed E-state index contributed by atoms with van der Waals surface area (Å²) < 4.78 is 10.5. The minimum Gasteiger partial charge on any atom is -0.491 e. The van der Waals surface area contributed by atoms with Crippen LogP contribution in [0, 0.1) is 6.92 Å². The van der Waals surface area contributed by atoms with Gasteiger partial charge in [0.25, 0.3) is 0 Å². The van der Waals surface area contributed by atoms with Crippen LogP contribution in [0.25, 0.3) is 11.0 Å². The predicted molar refractivity (Wildman–Crippen MR) is 69.9 cm³/mol. The highest BCUT2D eigenvalue weighted by Gasteiger charge is 2.17. The number of ether oxygens (including phenoxy) is 1. The quantitative estimate of drug-likeness (QED) is 0.860. The van der Waals surface area contributed by atoms with Crippen LogP contribution in [0.3, 0.4) is 0 Å². The lowest BCUT2D eigenvalue weighted by Crippen LogP contribution is -2.16. The fourth-order valence-corrected chi connectivity index (χ4v) is 1.93. The molecule has 19 heavy (non-hydrogen) atoms. The zero-order valence-corrected chi connectivity index (χ0v) is 10.9. The molecule has 0 fully saturated rings. The third-order valence-corrected chi connectivity index (χ3v) is 2.72. The Labute approximate surface area is 109 Å². The first-order valence-electron chi connectivity index (χ1n) is 5.87. The highest BCUT2D eigenvalue weighted by molar-refractivity contribution is 5.95. The Balaban J connectivity index is 2.67. The molecular weight excluding hydrogens is 248 g/mol. The Kier molecular flexibility index (Phi) is 3.29. The molecule has 1 N–H and O–H groups in total. The van der Waals surface area contributed by atoms with Gasteiger partial charge in [-0.2, -0.15) is 0 Å². The summed E-state index contributed by atoms with van der Waals surface area (Å²) in [6.07, 6.45) is 0.00330. The van der Waals surface area contributed by atoms with Crippen LogP contribution in [-0.2, 0) is 0 Å². The molecule has 0 atom stereocenters. The van der Waals surface area contributed by atoms with Gasteiger partial charge in [0.05, 0.1) is 6.10 Å². The molecule has 0 bridgehead atoms. The van der Waals surface area contributed by atoms with Gasteiger partial charge >= 0.3 is 11.6 Å². The highest BCUT2D eigenvalue weighted by atomic mass is 16.5. The van der Waals surface area contributed by atoms with Crippen LogP contribution >= 0.6 is 0 Å². The van der Waals surface area contributed by atoms with Gasteiger partial charge in [0.15, 0.2) is 0 Å². The number of carboxylic acids is 1. The van der Waals surface area contributed by atoms with Crippen LogP contribution in [0.4, 0.5) is 0 Å². The first-order valence-corrected chi connectivity index (χ1v) is 5.87. The van der Waals surface area contributed by atoms with Gasteiger partial charge in [0, 0.05) is 11.5 Å². The molecule has 0 spiro atoms. The number of aromatic carboxylic acids is 1. The topological polar surface area (TPSA) is 76.7 Å². The predicted octanol–water partition coefficient (Wildman–Crippen LogP) is 2.59. The second-order valence-corrected chi connectivity index (χ2v) is 4.52. The molecule has 0 amide bonds. The lowest BCUT2D eigenvalue weighted by atomic mass is 10.1. The highest BCUT2D eigenvalue weighted by Crippen LogP contribution is 2.24. The first kappa shape index (κ1) is 13.1. The fraction of sp³-hybridized carbons (Fsp3) is 0.286. The third kappa shape index (κ3) is 2.45. The SMILES string of the molecule is Cc1c(C(=O)O)c(=O)oc2cc(OC(C)C)ccc12. The van der Waals surface area contributed by atoms with Crippen molar-refractivity contribution in [1.29, 1.82) is 0 Å². The van der Waals surface area contributed by atoms with Crippen LogP contribution in [-0.4, -0.2) is 17.2 Å². The van der Waals surface area contributed by atoms with E-state index in [-0.39, 0.29) is 11.7 Å². The average Bonchev–Trinajstić information content (AvgIpc) is 2.26.